The second kappa shape index (κ2) is 8.40. The van der Waals surface area contributed by atoms with Gasteiger partial charge in [0, 0.05) is 38.0 Å². The second-order valence-corrected chi connectivity index (χ2v) is 6.46. The number of anilines is 1. The highest BCUT2D eigenvalue weighted by atomic mass is 16.3. The van der Waals surface area contributed by atoms with Crippen LogP contribution in [-0.4, -0.2) is 30.8 Å². The van der Waals surface area contributed by atoms with Crippen molar-refractivity contribution in [3.05, 3.63) is 29.8 Å². The highest BCUT2D eigenvalue weighted by molar-refractivity contribution is 5.47. The van der Waals surface area contributed by atoms with Gasteiger partial charge in [0.15, 0.2) is 0 Å². The topological polar surface area (TPSA) is 35.5 Å². The number of benzene rings is 1. The summed E-state index contributed by atoms with van der Waals surface area (Å²) in [4.78, 5) is 2.49. The first-order valence-corrected chi connectivity index (χ1v) is 8.39. The molecule has 1 aromatic carbocycles. The Balaban J connectivity index is 1.86. The molecule has 1 aromatic rings. The highest BCUT2D eigenvalue weighted by Crippen LogP contribution is 2.20. The highest BCUT2D eigenvalue weighted by Gasteiger charge is 2.13. The van der Waals surface area contributed by atoms with Crippen molar-refractivity contribution in [3.8, 4) is 0 Å². The third-order valence-corrected chi connectivity index (χ3v) is 4.47. The number of nitrogens with one attached hydrogen (secondary N) is 1. The Morgan fingerprint density at radius 3 is 2.33 bits per heavy atom. The van der Waals surface area contributed by atoms with Crippen LogP contribution in [0.5, 0.6) is 0 Å². The fraction of sp³-hybridized carbons (Fsp3) is 0.667. The standard InChI is InChI=1S/C18H30N2O/c1-15(2)18(10-13-21)19-14-16-6-8-17(9-7-16)20-11-4-3-5-12-20/h6-9,15,18-19,21H,3-5,10-14H2,1-2H3. The molecular weight excluding hydrogens is 260 g/mol. The third kappa shape index (κ3) is 5.01. The van der Waals surface area contributed by atoms with Crippen molar-refractivity contribution >= 4 is 5.69 Å². The molecule has 3 nitrogen and oxygen atoms in total. The van der Waals surface area contributed by atoms with Crippen LogP contribution in [0.3, 0.4) is 0 Å². The molecule has 1 heterocycles. The molecule has 1 unspecified atom stereocenters. The number of hydrogen-bond donors (Lipinski definition) is 2. The van der Waals surface area contributed by atoms with E-state index in [2.05, 4.69) is 48.3 Å². The minimum atomic E-state index is 0.254. The number of nitrogens with zero attached hydrogens (tertiary/aromatic N) is 1. The zero-order valence-electron chi connectivity index (χ0n) is 13.5. The fourth-order valence-electron chi connectivity index (χ4n) is 3.04. The molecule has 0 aliphatic carbocycles. The lowest BCUT2D eigenvalue weighted by molar-refractivity contribution is 0.244. The molecule has 0 saturated carbocycles. The summed E-state index contributed by atoms with van der Waals surface area (Å²) < 4.78 is 0. The van der Waals surface area contributed by atoms with E-state index in [1.807, 2.05) is 0 Å². The molecule has 118 valence electrons. The van der Waals surface area contributed by atoms with Crippen LogP contribution in [0.15, 0.2) is 24.3 Å². The first kappa shape index (κ1) is 16.3. The van der Waals surface area contributed by atoms with E-state index in [1.54, 1.807) is 0 Å². The maximum absolute atomic E-state index is 9.12. The summed E-state index contributed by atoms with van der Waals surface area (Å²) in [5.41, 5.74) is 2.67. The lowest BCUT2D eigenvalue weighted by Crippen LogP contribution is -2.34. The molecule has 1 aliphatic rings. The Morgan fingerprint density at radius 2 is 1.76 bits per heavy atom. The van der Waals surface area contributed by atoms with Gasteiger partial charge in [0.25, 0.3) is 0 Å². The van der Waals surface area contributed by atoms with Crippen LogP contribution >= 0.6 is 0 Å². The molecule has 1 saturated heterocycles. The van der Waals surface area contributed by atoms with Crippen LogP contribution in [0.2, 0.25) is 0 Å². The SMILES string of the molecule is CC(C)C(CCO)NCc1ccc(N2CCCCC2)cc1. The summed E-state index contributed by atoms with van der Waals surface area (Å²) in [6.45, 7) is 7.93. The quantitative estimate of drug-likeness (QED) is 0.809. The lowest BCUT2D eigenvalue weighted by atomic mass is 10.0. The Kier molecular flexibility index (Phi) is 6.52. The van der Waals surface area contributed by atoms with Crippen LogP contribution in [0.25, 0.3) is 0 Å². The second-order valence-electron chi connectivity index (χ2n) is 6.46. The molecule has 1 fully saturated rings. The van der Waals surface area contributed by atoms with E-state index < -0.39 is 0 Å². The van der Waals surface area contributed by atoms with Gasteiger partial charge in [-0.3, -0.25) is 0 Å². The number of aliphatic hydroxyl groups is 1. The van der Waals surface area contributed by atoms with Gasteiger partial charge in [-0.1, -0.05) is 26.0 Å². The molecule has 0 spiro atoms. The van der Waals surface area contributed by atoms with Crippen LogP contribution < -0.4 is 10.2 Å². The van der Waals surface area contributed by atoms with Gasteiger partial charge in [0.2, 0.25) is 0 Å². The number of rotatable bonds is 7. The molecule has 21 heavy (non-hydrogen) atoms. The van der Waals surface area contributed by atoms with Gasteiger partial charge in [0.05, 0.1) is 0 Å². The van der Waals surface area contributed by atoms with Gasteiger partial charge in [-0.05, 0) is 49.3 Å². The molecular formula is C18H30N2O. The summed E-state index contributed by atoms with van der Waals surface area (Å²) in [7, 11) is 0. The number of piperidine rings is 1. The largest absolute Gasteiger partial charge is 0.396 e. The van der Waals surface area contributed by atoms with Gasteiger partial charge in [-0.25, -0.2) is 0 Å². The summed E-state index contributed by atoms with van der Waals surface area (Å²) in [6.07, 6.45) is 4.84. The van der Waals surface area contributed by atoms with Crippen LogP contribution in [0.1, 0.15) is 45.1 Å². The number of hydrogen-bond acceptors (Lipinski definition) is 3. The summed E-state index contributed by atoms with van der Waals surface area (Å²) in [6, 6.07) is 9.34. The average Bonchev–Trinajstić information content (AvgIpc) is 2.52. The lowest BCUT2D eigenvalue weighted by Gasteiger charge is -2.29. The molecule has 1 atom stereocenters. The molecule has 2 rings (SSSR count). The Bertz CT molecular complexity index is 396. The molecule has 0 aromatic heterocycles. The molecule has 2 N–H and O–H groups in total. The van der Waals surface area contributed by atoms with E-state index in [0.717, 1.165) is 13.0 Å². The van der Waals surface area contributed by atoms with Gasteiger partial charge in [-0.15, -0.1) is 0 Å². The molecule has 0 amide bonds. The normalized spacial score (nSPS) is 17.2. The maximum atomic E-state index is 9.12. The van der Waals surface area contributed by atoms with E-state index in [4.69, 9.17) is 5.11 Å². The fourth-order valence-corrected chi connectivity index (χ4v) is 3.04. The van der Waals surface area contributed by atoms with E-state index in [-0.39, 0.29) is 6.61 Å². The molecule has 1 aliphatic heterocycles. The van der Waals surface area contributed by atoms with E-state index >= 15 is 0 Å². The summed E-state index contributed by atoms with van der Waals surface area (Å²) in [5.74, 6) is 0.546. The van der Waals surface area contributed by atoms with Gasteiger partial charge < -0.3 is 15.3 Å². The predicted octanol–water partition coefficient (Wildman–Crippen LogP) is 3.17. The summed E-state index contributed by atoms with van der Waals surface area (Å²) in [5, 5.41) is 12.7. The van der Waals surface area contributed by atoms with Crippen molar-refractivity contribution in [2.24, 2.45) is 5.92 Å². The molecule has 0 radical (unpaired) electrons. The van der Waals surface area contributed by atoms with Crippen molar-refractivity contribution in [2.45, 2.75) is 52.1 Å². The minimum Gasteiger partial charge on any atom is -0.396 e. The summed E-state index contributed by atoms with van der Waals surface area (Å²) >= 11 is 0. The van der Waals surface area contributed by atoms with E-state index in [0.29, 0.717) is 12.0 Å². The van der Waals surface area contributed by atoms with Crippen LogP contribution in [0, 0.1) is 5.92 Å². The van der Waals surface area contributed by atoms with Gasteiger partial charge >= 0.3 is 0 Å². The minimum absolute atomic E-state index is 0.254. The predicted molar refractivity (Wildman–Crippen MR) is 89.7 cm³/mol. The van der Waals surface area contributed by atoms with Gasteiger partial charge in [-0.2, -0.15) is 0 Å². The zero-order chi connectivity index (χ0) is 15.1. The van der Waals surface area contributed by atoms with Crippen molar-refractivity contribution in [1.82, 2.24) is 5.32 Å². The van der Waals surface area contributed by atoms with Crippen LogP contribution in [-0.2, 0) is 6.54 Å². The Morgan fingerprint density at radius 1 is 1.10 bits per heavy atom. The van der Waals surface area contributed by atoms with Crippen molar-refractivity contribution in [1.29, 1.82) is 0 Å². The zero-order valence-corrected chi connectivity index (χ0v) is 13.5. The Hall–Kier alpha value is -1.06. The monoisotopic (exact) mass is 290 g/mol. The van der Waals surface area contributed by atoms with E-state index in [1.165, 1.54) is 43.6 Å². The molecule has 3 heteroatoms. The van der Waals surface area contributed by atoms with Crippen molar-refractivity contribution in [2.75, 3.05) is 24.6 Å². The van der Waals surface area contributed by atoms with E-state index in [9.17, 15) is 0 Å². The van der Waals surface area contributed by atoms with Crippen LogP contribution in [0.4, 0.5) is 5.69 Å². The molecule has 0 bridgehead atoms. The first-order valence-electron chi connectivity index (χ1n) is 8.39. The third-order valence-electron chi connectivity index (χ3n) is 4.47. The van der Waals surface area contributed by atoms with Crippen molar-refractivity contribution < 1.29 is 5.11 Å². The Labute approximate surface area is 129 Å². The smallest absolute Gasteiger partial charge is 0.0445 e. The van der Waals surface area contributed by atoms with Gasteiger partial charge in [0.1, 0.15) is 0 Å². The number of aliphatic hydroxyl groups excluding tert-OH is 1. The maximum Gasteiger partial charge on any atom is 0.0445 e. The van der Waals surface area contributed by atoms with Crippen molar-refractivity contribution in [3.63, 3.8) is 0 Å². The first-order chi connectivity index (χ1) is 10.2. The average molecular weight is 290 g/mol.